The van der Waals surface area contributed by atoms with E-state index in [-0.39, 0.29) is 0 Å². The lowest BCUT2D eigenvalue weighted by atomic mass is 10.0. The van der Waals surface area contributed by atoms with E-state index < -0.39 is 0 Å². The Morgan fingerprint density at radius 2 is 1.77 bits per heavy atom. The molecule has 4 rings (SSSR count). The number of aromatic nitrogens is 2. The number of anilines is 1. The SMILES string of the molecule is Cc1cc(N2CC3CN(C(=O)C4CCCC4)CC3C2)ncn1. The van der Waals surface area contributed by atoms with Gasteiger partial charge in [0.05, 0.1) is 0 Å². The molecule has 5 nitrogen and oxygen atoms in total. The van der Waals surface area contributed by atoms with Crippen LogP contribution in [0.2, 0.25) is 0 Å². The van der Waals surface area contributed by atoms with Crippen molar-refractivity contribution in [2.75, 3.05) is 31.1 Å². The van der Waals surface area contributed by atoms with Crippen LogP contribution in [-0.2, 0) is 4.79 Å². The smallest absolute Gasteiger partial charge is 0.225 e. The molecule has 22 heavy (non-hydrogen) atoms. The Kier molecular flexibility index (Phi) is 3.51. The fourth-order valence-electron chi connectivity index (χ4n) is 4.40. The average Bonchev–Trinajstić information content (AvgIpc) is 3.22. The number of rotatable bonds is 2. The summed E-state index contributed by atoms with van der Waals surface area (Å²) in [6, 6.07) is 2.06. The predicted molar refractivity (Wildman–Crippen MR) is 84.5 cm³/mol. The van der Waals surface area contributed by atoms with Gasteiger partial charge in [0.15, 0.2) is 0 Å². The number of likely N-dealkylation sites (tertiary alicyclic amines) is 1. The quantitative estimate of drug-likeness (QED) is 0.836. The largest absolute Gasteiger partial charge is 0.356 e. The second-order valence-corrected chi connectivity index (χ2v) is 7.17. The summed E-state index contributed by atoms with van der Waals surface area (Å²) in [5.41, 5.74) is 1.01. The molecule has 2 saturated heterocycles. The highest BCUT2D eigenvalue weighted by Crippen LogP contribution is 2.35. The van der Waals surface area contributed by atoms with Crippen LogP contribution >= 0.6 is 0 Å². The van der Waals surface area contributed by atoms with Crippen LogP contribution < -0.4 is 4.90 Å². The molecule has 1 aromatic heterocycles. The van der Waals surface area contributed by atoms with Gasteiger partial charge in [-0.1, -0.05) is 12.8 Å². The highest BCUT2D eigenvalue weighted by molar-refractivity contribution is 5.79. The topological polar surface area (TPSA) is 49.3 Å². The molecule has 0 radical (unpaired) electrons. The third-order valence-corrected chi connectivity index (χ3v) is 5.62. The van der Waals surface area contributed by atoms with E-state index in [1.165, 1.54) is 12.8 Å². The summed E-state index contributed by atoms with van der Waals surface area (Å²) in [4.78, 5) is 25.6. The maximum absolute atomic E-state index is 12.6. The zero-order valence-electron chi connectivity index (χ0n) is 13.2. The fourth-order valence-corrected chi connectivity index (χ4v) is 4.40. The van der Waals surface area contributed by atoms with Crippen molar-refractivity contribution in [3.8, 4) is 0 Å². The van der Waals surface area contributed by atoms with Crippen LogP contribution in [0, 0.1) is 24.7 Å². The van der Waals surface area contributed by atoms with Crippen molar-refractivity contribution >= 4 is 11.7 Å². The molecule has 1 aliphatic carbocycles. The van der Waals surface area contributed by atoms with Crippen LogP contribution in [0.15, 0.2) is 12.4 Å². The summed E-state index contributed by atoms with van der Waals surface area (Å²) in [7, 11) is 0. The van der Waals surface area contributed by atoms with Crippen LogP contribution in [0.5, 0.6) is 0 Å². The van der Waals surface area contributed by atoms with Crippen molar-refractivity contribution in [1.29, 1.82) is 0 Å². The molecule has 0 aromatic carbocycles. The van der Waals surface area contributed by atoms with Gasteiger partial charge in [-0.3, -0.25) is 4.79 Å². The first-order valence-corrected chi connectivity index (χ1v) is 8.53. The van der Waals surface area contributed by atoms with Crippen LogP contribution in [0.1, 0.15) is 31.4 Å². The lowest BCUT2D eigenvalue weighted by Gasteiger charge is -2.24. The molecule has 118 valence electrons. The highest BCUT2D eigenvalue weighted by atomic mass is 16.2. The van der Waals surface area contributed by atoms with Gasteiger partial charge in [0.1, 0.15) is 12.1 Å². The van der Waals surface area contributed by atoms with Gasteiger partial charge in [-0.2, -0.15) is 0 Å². The van der Waals surface area contributed by atoms with Gasteiger partial charge in [0.2, 0.25) is 5.91 Å². The molecule has 2 aliphatic heterocycles. The molecular formula is C17H24N4O. The number of carbonyl (C=O) groups excluding carboxylic acids is 1. The standard InChI is InChI=1S/C17H24N4O/c1-12-6-16(19-11-18-12)20-7-14-9-21(10-15(14)8-20)17(22)13-4-2-3-5-13/h6,11,13-15H,2-5,7-10H2,1H3. The van der Waals surface area contributed by atoms with Crippen molar-refractivity contribution in [2.45, 2.75) is 32.6 Å². The number of aryl methyl sites for hydroxylation is 1. The van der Waals surface area contributed by atoms with E-state index in [2.05, 4.69) is 25.8 Å². The summed E-state index contributed by atoms with van der Waals surface area (Å²) in [5, 5.41) is 0. The second kappa shape index (κ2) is 5.52. The van der Waals surface area contributed by atoms with E-state index in [4.69, 9.17) is 0 Å². The molecular weight excluding hydrogens is 276 g/mol. The molecule has 0 N–H and O–H groups in total. The molecule has 0 spiro atoms. The third kappa shape index (κ3) is 2.46. The normalized spacial score (nSPS) is 28.4. The van der Waals surface area contributed by atoms with Gasteiger partial charge in [0, 0.05) is 55.7 Å². The van der Waals surface area contributed by atoms with Gasteiger partial charge >= 0.3 is 0 Å². The Bertz CT molecular complexity index is 556. The van der Waals surface area contributed by atoms with Crippen molar-refractivity contribution in [1.82, 2.24) is 14.9 Å². The minimum Gasteiger partial charge on any atom is -0.356 e. The van der Waals surface area contributed by atoms with Gasteiger partial charge in [-0.15, -0.1) is 0 Å². The lowest BCUT2D eigenvalue weighted by Crippen LogP contribution is -2.36. The Balaban J connectivity index is 1.39. The van der Waals surface area contributed by atoms with Crippen molar-refractivity contribution < 1.29 is 4.79 Å². The Morgan fingerprint density at radius 1 is 1.09 bits per heavy atom. The van der Waals surface area contributed by atoms with E-state index in [0.717, 1.165) is 50.5 Å². The molecule has 1 aromatic rings. The monoisotopic (exact) mass is 300 g/mol. The first-order valence-electron chi connectivity index (χ1n) is 8.53. The van der Waals surface area contributed by atoms with E-state index in [9.17, 15) is 4.79 Å². The highest BCUT2D eigenvalue weighted by Gasteiger charge is 2.43. The molecule has 2 atom stereocenters. The van der Waals surface area contributed by atoms with Gasteiger partial charge in [-0.05, 0) is 19.8 Å². The maximum Gasteiger partial charge on any atom is 0.225 e. The van der Waals surface area contributed by atoms with Crippen LogP contribution in [0.4, 0.5) is 5.82 Å². The summed E-state index contributed by atoms with van der Waals surface area (Å²) in [6.07, 6.45) is 6.33. The van der Waals surface area contributed by atoms with Crippen molar-refractivity contribution in [3.05, 3.63) is 18.1 Å². The molecule has 0 bridgehead atoms. The van der Waals surface area contributed by atoms with E-state index in [1.807, 2.05) is 6.92 Å². The molecule has 3 aliphatic rings. The minimum absolute atomic E-state index is 0.319. The zero-order chi connectivity index (χ0) is 15.1. The second-order valence-electron chi connectivity index (χ2n) is 7.17. The Labute approximate surface area is 131 Å². The van der Waals surface area contributed by atoms with Gasteiger partial charge < -0.3 is 9.80 Å². The number of hydrogen-bond acceptors (Lipinski definition) is 4. The number of hydrogen-bond donors (Lipinski definition) is 0. The van der Waals surface area contributed by atoms with E-state index in [0.29, 0.717) is 23.7 Å². The first kappa shape index (κ1) is 14.0. The maximum atomic E-state index is 12.6. The number of carbonyl (C=O) groups is 1. The summed E-state index contributed by atoms with van der Waals surface area (Å²) in [5.74, 6) is 3.01. The zero-order valence-corrected chi connectivity index (χ0v) is 13.2. The van der Waals surface area contributed by atoms with Gasteiger partial charge in [-0.25, -0.2) is 9.97 Å². The number of nitrogens with zero attached hydrogens (tertiary/aromatic N) is 4. The van der Waals surface area contributed by atoms with E-state index >= 15 is 0 Å². The van der Waals surface area contributed by atoms with Crippen LogP contribution in [-0.4, -0.2) is 47.0 Å². The number of fused-ring (bicyclic) bond motifs is 1. The molecule has 1 saturated carbocycles. The van der Waals surface area contributed by atoms with Crippen molar-refractivity contribution in [2.24, 2.45) is 17.8 Å². The summed E-state index contributed by atoms with van der Waals surface area (Å²) < 4.78 is 0. The summed E-state index contributed by atoms with van der Waals surface area (Å²) in [6.45, 7) is 5.94. The van der Waals surface area contributed by atoms with Crippen molar-refractivity contribution in [3.63, 3.8) is 0 Å². The molecule has 2 unspecified atom stereocenters. The molecule has 1 amide bonds. The van der Waals surface area contributed by atoms with E-state index in [1.54, 1.807) is 6.33 Å². The van der Waals surface area contributed by atoms with Gasteiger partial charge in [0.25, 0.3) is 0 Å². The molecule has 3 heterocycles. The molecule has 3 fully saturated rings. The fraction of sp³-hybridized carbons (Fsp3) is 0.706. The summed E-state index contributed by atoms with van der Waals surface area (Å²) >= 11 is 0. The predicted octanol–water partition coefficient (Wildman–Crippen LogP) is 1.87. The van der Waals surface area contributed by atoms with Crippen LogP contribution in [0.25, 0.3) is 0 Å². The first-order chi connectivity index (χ1) is 10.7. The third-order valence-electron chi connectivity index (χ3n) is 5.62. The average molecular weight is 300 g/mol. The number of amides is 1. The molecule has 5 heteroatoms. The Morgan fingerprint density at radius 3 is 2.41 bits per heavy atom. The van der Waals surface area contributed by atoms with Crippen LogP contribution in [0.3, 0.4) is 0 Å². The minimum atomic E-state index is 0.319. The lowest BCUT2D eigenvalue weighted by molar-refractivity contribution is -0.134. The Hall–Kier alpha value is -1.65.